The molecule has 3 aromatic rings. The molecular weight excluding hydrogens is 336 g/mol. The lowest BCUT2D eigenvalue weighted by molar-refractivity contribution is 0.143. The molecule has 8 heteroatoms. The zero-order valence-electron chi connectivity index (χ0n) is 15.1. The minimum absolute atomic E-state index is 0.235. The van der Waals surface area contributed by atoms with Gasteiger partial charge in [-0.25, -0.2) is 4.79 Å². The first-order valence-corrected chi connectivity index (χ1v) is 8.39. The number of aryl methyl sites for hydroxylation is 3. The van der Waals surface area contributed by atoms with Crippen LogP contribution in [0.3, 0.4) is 0 Å². The van der Waals surface area contributed by atoms with Gasteiger partial charge in [-0.05, 0) is 31.0 Å². The molecule has 0 amide bonds. The van der Waals surface area contributed by atoms with Crippen LogP contribution in [-0.2, 0) is 20.6 Å². The molecule has 26 heavy (non-hydrogen) atoms. The molecule has 1 aliphatic heterocycles. The van der Waals surface area contributed by atoms with Crippen LogP contribution >= 0.6 is 0 Å². The highest BCUT2D eigenvalue weighted by molar-refractivity contribution is 5.72. The van der Waals surface area contributed by atoms with E-state index in [-0.39, 0.29) is 17.3 Å². The summed E-state index contributed by atoms with van der Waals surface area (Å²) >= 11 is 0. The van der Waals surface area contributed by atoms with E-state index in [1.165, 1.54) is 11.6 Å². The van der Waals surface area contributed by atoms with Crippen LogP contribution in [0.1, 0.15) is 11.1 Å². The fourth-order valence-corrected chi connectivity index (χ4v) is 3.25. The van der Waals surface area contributed by atoms with Crippen molar-refractivity contribution in [2.24, 2.45) is 14.1 Å². The SMILES string of the molecule is Cc1ccc(C)c(OC[C@@H]2Cn3c(nc4c(=O)n(C)c(=O)n(C)c43)O2)c1. The fourth-order valence-electron chi connectivity index (χ4n) is 3.25. The van der Waals surface area contributed by atoms with Gasteiger partial charge in [0.25, 0.3) is 11.6 Å². The van der Waals surface area contributed by atoms with Gasteiger partial charge in [-0.15, -0.1) is 0 Å². The molecule has 0 unspecified atom stereocenters. The van der Waals surface area contributed by atoms with Crippen molar-refractivity contribution in [3.8, 4) is 11.8 Å². The molecule has 0 fully saturated rings. The topological polar surface area (TPSA) is 80.3 Å². The van der Waals surface area contributed by atoms with Crippen molar-refractivity contribution >= 4 is 11.2 Å². The van der Waals surface area contributed by atoms with Crippen molar-refractivity contribution < 1.29 is 9.47 Å². The summed E-state index contributed by atoms with van der Waals surface area (Å²) in [5.41, 5.74) is 2.09. The number of rotatable bonds is 3. The molecule has 0 saturated heterocycles. The van der Waals surface area contributed by atoms with E-state index in [0.717, 1.165) is 21.4 Å². The third-order valence-electron chi connectivity index (χ3n) is 4.73. The standard InChI is InChI=1S/C18H20N4O4/c1-10-5-6-11(2)13(7-10)25-9-12-8-22-15-14(19-17(22)26-12)16(23)21(4)18(24)20(15)3/h5-7,12H,8-9H2,1-4H3/t12-/m0/s1. The quantitative estimate of drug-likeness (QED) is 0.696. The minimum atomic E-state index is -0.420. The van der Waals surface area contributed by atoms with Crippen molar-refractivity contribution in [3.63, 3.8) is 0 Å². The van der Waals surface area contributed by atoms with Gasteiger partial charge in [0.05, 0.1) is 6.54 Å². The Bertz CT molecular complexity index is 1140. The smallest absolute Gasteiger partial charge is 0.332 e. The highest BCUT2D eigenvalue weighted by atomic mass is 16.6. The van der Waals surface area contributed by atoms with Crippen LogP contribution in [0.5, 0.6) is 11.8 Å². The largest absolute Gasteiger partial charge is 0.489 e. The first-order chi connectivity index (χ1) is 12.4. The highest BCUT2D eigenvalue weighted by Gasteiger charge is 2.30. The maximum absolute atomic E-state index is 12.3. The summed E-state index contributed by atoms with van der Waals surface area (Å²) in [7, 11) is 3.06. The molecule has 2 aromatic heterocycles. The van der Waals surface area contributed by atoms with Crippen molar-refractivity contribution in [2.45, 2.75) is 26.5 Å². The van der Waals surface area contributed by atoms with Gasteiger partial charge in [0.15, 0.2) is 17.3 Å². The molecule has 3 heterocycles. The summed E-state index contributed by atoms with van der Waals surface area (Å²) in [6.07, 6.45) is -0.235. The summed E-state index contributed by atoms with van der Waals surface area (Å²) < 4.78 is 16.0. The Morgan fingerprint density at radius 2 is 2.00 bits per heavy atom. The van der Waals surface area contributed by atoms with E-state index in [4.69, 9.17) is 9.47 Å². The van der Waals surface area contributed by atoms with E-state index in [1.807, 2.05) is 32.0 Å². The third kappa shape index (κ3) is 2.40. The van der Waals surface area contributed by atoms with Gasteiger partial charge < -0.3 is 9.47 Å². The maximum atomic E-state index is 12.3. The molecular formula is C18H20N4O4. The Morgan fingerprint density at radius 3 is 2.77 bits per heavy atom. The molecule has 136 valence electrons. The Balaban J connectivity index is 1.61. The molecule has 8 nitrogen and oxygen atoms in total. The normalized spacial score (nSPS) is 15.9. The van der Waals surface area contributed by atoms with E-state index in [2.05, 4.69) is 4.98 Å². The molecule has 1 aromatic carbocycles. The van der Waals surface area contributed by atoms with Crippen LogP contribution in [0.25, 0.3) is 11.2 Å². The number of fused-ring (bicyclic) bond motifs is 3. The van der Waals surface area contributed by atoms with Crippen LogP contribution in [-0.4, -0.2) is 31.4 Å². The fraction of sp³-hybridized carbons (Fsp3) is 0.389. The average Bonchev–Trinajstić information content (AvgIpc) is 3.16. The number of hydrogen-bond acceptors (Lipinski definition) is 5. The molecule has 0 N–H and O–H groups in total. The van der Waals surface area contributed by atoms with E-state index < -0.39 is 5.56 Å². The van der Waals surface area contributed by atoms with Crippen LogP contribution in [0.15, 0.2) is 27.8 Å². The Morgan fingerprint density at radius 1 is 1.23 bits per heavy atom. The number of aromatic nitrogens is 4. The molecule has 0 aliphatic carbocycles. The van der Waals surface area contributed by atoms with Crippen molar-refractivity contribution in [3.05, 3.63) is 50.2 Å². The van der Waals surface area contributed by atoms with Crippen molar-refractivity contribution in [1.82, 2.24) is 18.7 Å². The van der Waals surface area contributed by atoms with Crippen molar-refractivity contribution in [2.75, 3.05) is 6.61 Å². The van der Waals surface area contributed by atoms with Crippen LogP contribution < -0.4 is 20.7 Å². The van der Waals surface area contributed by atoms with Gasteiger partial charge in [-0.3, -0.25) is 18.5 Å². The van der Waals surface area contributed by atoms with Crippen molar-refractivity contribution in [1.29, 1.82) is 0 Å². The Hall–Kier alpha value is -3.03. The molecule has 0 radical (unpaired) electrons. The molecule has 1 atom stereocenters. The predicted molar refractivity (Wildman–Crippen MR) is 96.0 cm³/mol. The van der Waals surface area contributed by atoms with Crippen LogP contribution in [0.2, 0.25) is 0 Å². The van der Waals surface area contributed by atoms with E-state index in [1.54, 1.807) is 11.6 Å². The van der Waals surface area contributed by atoms with E-state index >= 15 is 0 Å². The average molecular weight is 356 g/mol. The summed E-state index contributed by atoms with van der Waals surface area (Å²) in [5, 5.41) is 0. The monoisotopic (exact) mass is 356 g/mol. The van der Waals surface area contributed by atoms with E-state index in [0.29, 0.717) is 24.8 Å². The van der Waals surface area contributed by atoms with Gasteiger partial charge in [-0.1, -0.05) is 12.1 Å². The van der Waals surface area contributed by atoms with Gasteiger partial charge in [0, 0.05) is 14.1 Å². The van der Waals surface area contributed by atoms with Gasteiger partial charge in [-0.2, -0.15) is 4.98 Å². The zero-order chi connectivity index (χ0) is 18.6. The number of imidazole rings is 1. The number of benzene rings is 1. The zero-order valence-corrected chi connectivity index (χ0v) is 15.1. The van der Waals surface area contributed by atoms with Crippen LogP contribution in [0.4, 0.5) is 0 Å². The lowest BCUT2D eigenvalue weighted by Gasteiger charge is -2.14. The predicted octanol–water partition coefficient (Wildman–Crippen LogP) is 0.891. The van der Waals surface area contributed by atoms with Gasteiger partial charge in [0.2, 0.25) is 0 Å². The maximum Gasteiger partial charge on any atom is 0.332 e. The molecule has 1 aliphatic rings. The first-order valence-electron chi connectivity index (χ1n) is 8.39. The van der Waals surface area contributed by atoms with Gasteiger partial charge >= 0.3 is 5.69 Å². The summed E-state index contributed by atoms with van der Waals surface area (Å²) in [5.74, 6) is 0.823. The molecule has 0 bridgehead atoms. The third-order valence-corrected chi connectivity index (χ3v) is 4.73. The van der Waals surface area contributed by atoms with Crippen LogP contribution in [0, 0.1) is 13.8 Å². The summed E-state index contributed by atoms with van der Waals surface area (Å²) in [6, 6.07) is 6.39. The molecule has 0 spiro atoms. The summed E-state index contributed by atoms with van der Waals surface area (Å²) in [6.45, 7) is 4.83. The number of nitrogens with zero attached hydrogens (tertiary/aromatic N) is 4. The Labute approximate surface area is 149 Å². The Kier molecular flexibility index (Phi) is 3.64. The second kappa shape index (κ2) is 5.76. The number of ether oxygens (including phenoxy) is 2. The molecule has 4 rings (SSSR count). The lowest BCUT2D eigenvalue weighted by Crippen LogP contribution is -2.37. The molecule has 0 saturated carbocycles. The second-order valence-corrected chi connectivity index (χ2v) is 6.70. The minimum Gasteiger partial charge on any atom is -0.489 e. The first kappa shape index (κ1) is 16.4. The van der Waals surface area contributed by atoms with Gasteiger partial charge in [0.1, 0.15) is 12.4 Å². The van der Waals surface area contributed by atoms with E-state index in [9.17, 15) is 9.59 Å². The lowest BCUT2D eigenvalue weighted by atomic mass is 10.1. The highest BCUT2D eigenvalue weighted by Crippen LogP contribution is 2.26. The second-order valence-electron chi connectivity index (χ2n) is 6.70. The number of hydrogen-bond donors (Lipinski definition) is 0. The summed E-state index contributed by atoms with van der Waals surface area (Å²) in [4.78, 5) is 28.7.